The summed E-state index contributed by atoms with van der Waals surface area (Å²) >= 11 is 0. The Kier molecular flexibility index (Phi) is 3.66. The fraction of sp³-hybridized carbons (Fsp3) is 0.273. The number of allylic oxidation sites excluding steroid dienone is 1. The Balaban J connectivity index is 2.79. The Hall–Kier alpha value is -1.13. The van der Waals surface area contributed by atoms with Crippen LogP contribution in [0.3, 0.4) is 0 Å². The number of hydrogen-bond acceptors (Lipinski definition) is 3. The maximum atomic E-state index is 10.8. The fourth-order valence-corrected chi connectivity index (χ4v) is 1.45. The van der Waals surface area contributed by atoms with E-state index in [0.29, 0.717) is 0 Å². The van der Waals surface area contributed by atoms with E-state index in [9.17, 15) is 8.42 Å². The normalized spacial score (nSPS) is 11.3. The second-order valence-electron chi connectivity index (χ2n) is 3.45. The van der Waals surface area contributed by atoms with E-state index in [4.69, 9.17) is 4.18 Å². The van der Waals surface area contributed by atoms with Crippen molar-refractivity contribution < 1.29 is 12.6 Å². The van der Waals surface area contributed by atoms with E-state index in [0.717, 1.165) is 23.0 Å². The van der Waals surface area contributed by atoms with Gasteiger partial charge in [-0.3, -0.25) is 4.18 Å². The summed E-state index contributed by atoms with van der Waals surface area (Å²) in [5.74, 6) is 0. The molecule has 0 N–H and O–H groups in total. The average Bonchev–Trinajstić information content (AvgIpc) is 2.14. The summed E-state index contributed by atoms with van der Waals surface area (Å²) in [6.45, 7) is 5.79. The second-order valence-corrected chi connectivity index (χ2v) is 5.09. The van der Waals surface area contributed by atoms with Gasteiger partial charge in [0.05, 0.1) is 12.9 Å². The van der Waals surface area contributed by atoms with Crippen LogP contribution in [0.2, 0.25) is 0 Å². The number of hydrogen-bond donors (Lipinski definition) is 0. The number of rotatable bonds is 4. The van der Waals surface area contributed by atoms with Crippen LogP contribution in [0.4, 0.5) is 0 Å². The van der Waals surface area contributed by atoms with Crippen LogP contribution in [0, 0.1) is 0 Å². The molecular weight excluding hydrogens is 212 g/mol. The number of benzene rings is 1. The molecule has 3 nitrogen and oxygen atoms in total. The van der Waals surface area contributed by atoms with Crippen molar-refractivity contribution in [2.24, 2.45) is 0 Å². The van der Waals surface area contributed by atoms with Gasteiger partial charge in [0.15, 0.2) is 0 Å². The Morgan fingerprint density at radius 2 is 2.13 bits per heavy atom. The predicted molar refractivity (Wildman–Crippen MR) is 60.8 cm³/mol. The van der Waals surface area contributed by atoms with Crippen LogP contribution in [0.1, 0.15) is 18.1 Å². The lowest BCUT2D eigenvalue weighted by molar-refractivity contribution is 0.311. The van der Waals surface area contributed by atoms with Gasteiger partial charge in [-0.1, -0.05) is 30.4 Å². The van der Waals surface area contributed by atoms with Crippen molar-refractivity contribution in [1.82, 2.24) is 0 Å². The molecule has 0 aliphatic heterocycles. The molecule has 0 saturated heterocycles. The highest BCUT2D eigenvalue weighted by molar-refractivity contribution is 7.85. The maximum absolute atomic E-state index is 10.8. The summed E-state index contributed by atoms with van der Waals surface area (Å²) in [5.41, 5.74) is 2.75. The molecule has 0 aliphatic carbocycles. The molecule has 0 bridgehead atoms. The molecular formula is C11H14O3S. The molecule has 15 heavy (non-hydrogen) atoms. The van der Waals surface area contributed by atoms with E-state index >= 15 is 0 Å². The Labute approximate surface area is 90.5 Å². The van der Waals surface area contributed by atoms with E-state index in [1.54, 1.807) is 0 Å². The summed E-state index contributed by atoms with van der Waals surface area (Å²) in [6.07, 6.45) is 1.04. The quantitative estimate of drug-likeness (QED) is 0.739. The van der Waals surface area contributed by atoms with Crippen molar-refractivity contribution in [3.05, 3.63) is 42.0 Å². The van der Waals surface area contributed by atoms with Crippen LogP contribution in [-0.2, 0) is 20.9 Å². The van der Waals surface area contributed by atoms with Gasteiger partial charge in [-0.25, -0.2) is 0 Å². The zero-order chi connectivity index (χ0) is 11.5. The van der Waals surface area contributed by atoms with E-state index in [2.05, 4.69) is 6.58 Å². The topological polar surface area (TPSA) is 43.4 Å². The summed E-state index contributed by atoms with van der Waals surface area (Å²) in [7, 11) is -3.38. The van der Waals surface area contributed by atoms with Gasteiger partial charge in [-0.15, -0.1) is 0 Å². The molecule has 0 unspecified atom stereocenters. The van der Waals surface area contributed by atoms with Gasteiger partial charge in [0.1, 0.15) is 0 Å². The van der Waals surface area contributed by atoms with Gasteiger partial charge in [-0.05, 0) is 24.1 Å². The standard InChI is InChI=1S/C11H14O3S/c1-9(2)11-6-4-5-10(7-11)8-14-15(3,12)13/h4-7H,1,8H2,2-3H3. The summed E-state index contributed by atoms with van der Waals surface area (Å²) in [5, 5.41) is 0. The summed E-state index contributed by atoms with van der Waals surface area (Å²) < 4.78 is 26.3. The molecule has 0 spiro atoms. The Morgan fingerprint density at radius 1 is 1.47 bits per heavy atom. The first kappa shape index (κ1) is 11.9. The van der Waals surface area contributed by atoms with Crippen LogP contribution >= 0.6 is 0 Å². The van der Waals surface area contributed by atoms with E-state index in [1.807, 2.05) is 31.2 Å². The van der Waals surface area contributed by atoms with Crippen LogP contribution in [0.15, 0.2) is 30.8 Å². The molecule has 4 heteroatoms. The van der Waals surface area contributed by atoms with Crippen molar-refractivity contribution in [1.29, 1.82) is 0 Å². The van der Waals surface area contributed by atoms with E-state index in [-0.39, 0.29) is 6.61 Å². The molecule has 0 amide bonds. The van der Waals surface area contributed by atoms with Crippen molar-refractivity contribution in [2.45, 2.75) is 13.5 Å². The summed E-state index contributed by atoms with van der Waals surface area (Å²) in [6, 6.07) is 7.46. The molecule has 0 fully saturated rings. The van der Waals surface area contributed by atoms with Gasteiger partial charge in [0.25, 0.3) is 10.1 Å². The molecule has 0 saturated carbocycles. The van der Waals surface area contributed by atoms with Gasteiger partial charge < -0.3 is 0 Å². The third-order valence-corrected chi connectivity index (χ3v) is 2.41. The lowest BCUT2D eigenvalue weighted by Gasteiger charge is -2.04. The minimum Gasteiger partial charge on any atom is -0.265 e. The molecule has 0 aromatic heterocycles. The molecule has 1 rings (SSSR count). The van der Waals surface area contributed by atoms with Crippen molar-refractivity contribution in [3.8, 4) is 0 Å². The molecule has 0 atom stereocenters. The highest BCUT2D eigenvalue weighted by atomic mass is 32.2. The molecule has 0 heterocycles. The van der Waals surface area contributed by atoms with Gasteiger partial charge in [0.2, 0.25) is 0 Å². The van der Waals surface area contributed by atoms with Gasteiger partial charge >= 0.3 is 0 Å². The van der Waals surface area contributed by atoms with E-state index < -0.39 is 10.1 Å². The predicted octanol–water partition coefficient (Wildman–Crippen LogP) is 2.20. The van der Waals surface area contributed by atoms with Crippen LogP contribution in [-0.4, -0.2) is 14.7 Å². The first-order chi connectivity index (χ1) is 6.88. The first-order valence-corrected chi connectivity index (χ1v) is 6.29. The van der Waals surface area contributed by atoms with Crippen LogP contribution < -0.4 is 0 Å². The highest BCUT2D eigenvalue weighted by Gasteiger charge is 2.03. The zero-order valence-electron chi connectivity index (χ0n) is 8.86. The smallest absolute Gasteiger partial charge is 0.264 e. The highest BCUT2D eigenvalue weighted by Crippen LogP contribution is 2.14. The largest absolute Gasteiger partial charge is 0.265 e. The zero-order valence-corrected chi connectivity index (χ0v) is 9.67. The Morgan fingerprint density at radius 3 is 2.67 bits per heavy atom. The molecule has 0 aliphatic rings. The minimum atomic E-state index is -3.38. The minimum absolute atomic E-state index is 0.0694. The molecule has 82 valence electrons. The lowest BCUT2D eigenvalue weighted by atomic mass is 10.1. The van der Waals surface area contributed by atoms with Crippen LogP contribution in [0.25, 0.3) is 5.57 Å². The Bertz CT molecular complexity index is 460. The fourth-order valence-electron chi connectivity index (χ4n) is 1.10. The first-order valence-electron chi connectivity index (χ1n) is 4.48. The van der Waals surface area contributed by atoms with Gasteiger partial charge in [0, 0.05) is 0 Å². The monoisotopic (exact) mass is 226 g/mol. The van der Waals surface area contributed by atoms with Crippen molar-refractivity contribution in [2.75, 3.05) is 6.26 Å². The molecule has 1 aromatic rings. The summed E-state index contributed by atoms with van der Waals surface area (Å²) in [4.78, 5) is 0. The molecule has 1 aromatic carbocycles. The van der Waals surface area contributed by atoms with Crippen molar-refractivity contribution in [3.63, 3.8) is 0 Å². The second kappa shape index (κ2) is 4.59. The van der Waals surface area contributed by atoms with Crippen LogP contribution in [0.5, 0.6) is 0 Å². The maximum Gasteiger partial charge on any atom is 0.264 e. The third-order valence-electron chi connectivity index (χ3n) is 1.86. The van der Waals surface area contributed by atoms with Crippen molar-refractivity contribution >= 4 is 15.7 Å². The molecule has 0 radical (unpaired) electrons. The van der Waals surface area contributed by atoms with Gasteiger partial charge in [-0.2, -0.15) is 8.42 Å². The van der Waals surface area contributed by atoms with E-state index in [1.165, 1.54) is 0 Å². The SMILES string of the molecule is C=C(C)c1cccc(COS(C)(=O)=O)c1. The lowest BCUT2D eigenvalue weighted by Crippen LogP contribution is -2.02. The third kappa shape index (κ3) is 4.27. The average molecular weight is 226 g/mol.